The standard InChI is InChI=1S/C24H26N2O3S/c27-24(17-19-11-12-21-8-2-3-9-22(21)15-19)25-18-20-7-6-10-23(16-20)30(28,29)26-13-4-1-5-14-26/h2-3,6-12,15-16H,1,4-5,13-14,17-18H2,(H,25,27). The van der Waals surface area contributed by atoms with Gasteiger partial charge in [0.1, 0.15) is 0 Å². The topological polar surface area (TPSA) is 66.5 Å². The van der Waals surface area contributed by atoms with Gasteiger partial charge in [-0.15, -0.1) is 0 Å². The molecule has 6 heteroatoms. The van der Waals surface area contributed by atoms with Crippen molar-refractivity contribution < 1.29 is 13.2 Å². The molecule has 0 unspecified atom stereocenters. The van der Waals surface area contributed by atoms with Crippen LogP contribution < -0.4 is 5.32 Å². The average Bonchev–Trinajstić information content (AvgIpc) is 2.78. The molecule has 1 heterocycles. The van der Waals surface area contributed by atoms with Crippen LogP contribution >= 0.6 is 0 Å². The Bertz CT molecular complexity index is 1150. The van der Waals surface area contributed by atoms with Crippen LogP contribution in [0.1, 0.15) is 30.4 Å². The van der Waals surface area contributed by atoms with Gasteiger partial charge in [0.15, 0.2) is 0 Å². The number of nitrogens with zero attached hydrogens (tertiary/aromatic N) is 1. The summed E-state index contributed by atoms with van der Waals surface area (Å²) in [5, 5.41) is 5.16. The molecule has 0 bridgehead atoms. The van der Waals surface area contributed by atoms with Crippen LogP contribution in [0.5, 0.6) is 0 Å². The lowest BCUT2D eigenvalue weighted by Crippen LogP contribution is -2.35. The number of piperidine rings is 1. The van der Waals surface area contributed by atoms with Crippen LogP contribution in [0, 0.1) is 0 Å². The summed E-state index contributed by atoms with van der Waals surface area (Å²) in [5.41, 5.74) is 1.73. The molecule has 0 atom stereocenters. The lowest BCUT2D eigenvalue weighted by atomic mass is 10.0. The highest BCUT2D eigenvalue weighted by molar-refractivity contribution is 7.89. The van der Waals surface area contributed by atoms with Crippen molar-refractivity contribution in [1.82, 2.24) is 9.62 Å². The van der Waals surface area contributed by atoms with Crippen molar-refractivity contribution in [3.8, 4) is 0 Å². The van der Waals surface area contributed by atoms with Gasteiger partial charge in [-0.3, -0.25) is 4.79 Å². The van der Waals surface area contributed by atoms with Gasteiger partial charge in [-0.2, -0.15) is 4.31 Å². The molecule has 3 aromatic carbocycles. The molecule has 1 aliphatic rings. The maximum Gasteiger partial charge on any atom is 0.243 e. The molecule has 156 valence electrons. The SMILES string of the molecule is O=C(Cc1ccc2ccccc2c1)NCc1cccc(S(=O)(=O)N2CCCCC2)c1. The van der Waals surface area contributed by atoms with Gasteiger partial charge in [0.25, 0.3) is 0 Å². The summed E-state index contributed by atoms with van der Waals surface area (Å²) in [4.78, 5) is 12.7. The Kier molecular flexibility index (Phi) is 6.16. The average molecular weight is 423 g/mol. The molecule has 4 rings (SSSR count). The molecule has 1 saturated heterocycles. The van der Waals surface area contributed by atoms with Crippen molar-refractivity contribution >= 4 is 26.7 Å². The Labute approximate surface area is 177 Å². The maximum atomic E-state index is 12.9. The number of hydrogen-bond donors (Lipinski definition) is 1. The molecule has 0 radical (unpaired) electrons. The van der Waals surface area contributed by atoms with Crippen molar-refractivity contribution in [3.63, 3.8) is 0 Å². The number of carbonyl (C=O) groups is 1. The van der Waals surface area contributed by atoms with Gasteiger partial charge in [-0.25, -0.2) is 8.42 Å². The van der Waals surface area contributed by atoms with Crippen LogP contribution in [0.3, 0.4) is 0 Å². The molecule has 0 aliphatic carbocycles. The Morgan fingerprint density at radius 1 is 0.833 bits per heavy atom. The Balaban J connectivity index is 1.39. The van der Waals surface area contributed by atoms with Gasteiger partial charge in [-0.1, -0.05) is 61.0 Å². The summed E-state index contributed by atoms with van der Waals surface area (Å²) in [5.74, 6) is -0.0884. The van der Waals surface area contributed by atoms with Gasteiger partial charge in [0, 0.05) is 19.6 Å². The zero-order valence-electron chi connectivity index (χ0n) is 16.9. The fourth-order valence-electron chi connectivity index (χ4n) is 3.87. The van der Waals surface area contributed by atoms with E-state index in [1.807, 2.05) is 48.5 Å². The second kappa shape index (κ2) is 8.98. The van der Waals surface area contributed by atoms with E-state index in [2.05, 4.69) is 5.32 Å². The lowest BCUT2D eigenvalue weighted by molar-refractivity contribution is -0.120. The summed E-state index contributed by atoms with van der Waals surface area (Å²) in [6.45, 7) is 1.46. The van der Waals surface area contributed by atoms with Crippen LogP contribution in [0.15, 0.2) is 71.6 Å². The summed E-state index contributed by atoms with van der Waals surface area (Å²) in [6.07, 6.45) is 3.18. The minimum atomic E-state index is -3.47. The molecular formula is C24H26N2O3S. The van der Waals surface area contributed by atoms with Crippen LogP contribution in [0.2, 0.25) is 0 Å². The summed E-state index contributed by atoms with van der Waals surface area (Å²) >= 11 is 0. The molecular weight excluding hydrogens is 396 g/mol. The number of carbonyl (C=O) groups excluding carboxylic acids is 1. The predicted octanol–water partition coefficient (Wildman–Crippen LogP) is 3.87. The lowest BCUT2D eigenvalue weighted by Gasteiger charge is -2.26. The second-order valence-electron chi connectivity index (χ2n) is 7.75. The highest BCUT2D eigenvalue weighted by Crippen LogP contribution is 2.21. The number of benzene rings is 3. The summed E-state index contributed by atoms with van der Waals surface area (Å²) < 4.78 is 27.3. The number of hydrogen-bond acceptors (Lipinski definition) is 3. The van der Waals surface area contributed by atoms with Crippen LogP contribution in [0.4, 0.5) is 0 Å². The van der Waals surface area contributed by atoms with E-state index < -0.39 is 10.0 Å². The van der Waals surface area contributed by atoms with Gasteiger partial charge in [0.2, 0.25) is 15.9 Å². The minimum Gasteiger partial charge on any atom is -0.352 e. The first kappa shape index (κ1) is 20.6. The van der Waals surface area contributed by atoms with E-state index >= 15 is 0 Å². The minimum absolute atomic E-state index is 0.0884. The third kappa shape index (κ3) is 4.71. The van der Waals surface area contributed by atoms with Gasteiger partial charge in [0.05, 0.1) is 11.3 Å². The number of sulfonamides is 1. The zero-order chi connectivity index (χ0) is 21.0. The first-order valence-corrected chi connectivity index (χ1v) is 11.8. The molecule has 0 aromatic heterocycles. The Morgan fingerprint density at radius 2 is 1.60 bits per heavy atom. The number of amides is 1. The molecule has 0 saturated carbocycles. The number of nitrogens with one attached hydrogen (secondary N) is 1. The van der Waals surface area contributed by atoms with Gasteiger partial charge >= 0.3 is 0 Å². The molecule has 0 spiro atoms. The second-order valence-corrected chi connectivity index (χ2v) is 9.69. The van der Waals surface area contributed by atoms with Crippen LogP contribution in [0.25, 0.3) is 10.8 Å². The quantitative estimate of drug-likeness (QED) is 0.656. The molecule has 1 fully saturated rings. The van der Waals surface area contributed by atoms with Crippen molar-refractivity contribution in [2.75, 3.05) is 13.1 Å². The zero-order valence-corrected chi connectivity index (χ0v) is 17.7. The summed E-state index contributed by atoms with van der Waals surface area (Å²) in [6, 6.07) is 20.9. The van der Waals surface area contributed by atoms with Crippen molar-refractivity contribution in [1.29, 1.82) is 0 Å². The normalized spacial score (nSPS) is 15.2. The summed E-state index contributed by atoms with van der Waals surface area (Å²) in [7, 11) is -3.47. The fourth-order valence-corrected chi connectivity index (χ4v) is 5.46. The van der Waals surface area contributed by atoms with Crippen LogP contribution in [-0.2, 0) is 27.8 Å². The third-order valence-corrected chi connectivity index (χ3v) is 7.41. The maximum absolute atomic E-state index is 12.9. The van der Waals surface area contributed by atoms with Crippen molar-refractivity contribution in [2.24, 2.45) is 0 Å². The molecule has 1 amide bonds. The smallest absolute Gasteiger partial charge is 0.243 e. The molecule has 1 N–H and O–H groups in total. The predicted molar refractivity (Wildman–Crippen MR) is 119 cm³/mol. The van der Waals surface area contributed by atoms with E-state index in [0.29, 0.717) is 24.5 Å². The molecule has 3 aromatic rings. The van der Waals surface area contributed by atoms with E-state index in [9.17, 15) is 13.2 Å². The van der Waals surface area contributed by atoms with Gasteiger partial charge in [-0.05, 0) is 46.9 Å². The van der Waals surface area contributed by atoms with E-state index in [4.69, 9.17) is 0 Å². The molecule has 30 heavy (non-hydrogen) atoms. The first-order valence-electron chi connectivity index (χ1n) is 10.4. The van der Waals surface area contributed by atoms with Crippen molar-refractivity contribution in [2.45, 2.75) is 37.1 Å². The number of fused-ring (bicyclic) bond motifs is 1. The third-order valence-electron chi connectivity index (χ3n) is 5.52. The van der Waals surface area contributed by atoms with Gasteiger partial charge < -0.3 is 5.32 Å². The Hall–Kier alpha value is -2.70. The highest BCUT2D eigenvalue weighted by atomic mass is 32.2. The van der Waals surface area contributed by atoms with E-state index in [1.165, 1.54) is 0 Å². The fraction of sp³-hybridized carbons (Fsp3) is 0.292. The van der Waals surface area contributed by atoms with E-state index in [0.717, 1.165) is 41.2 Å². The van der Waals surface area contributed by atoms with Crippen LogP contribution in [-0.4, -0.2) is 31.7 Å². The molecule has 5 nitrogen and oxygen atoms in total. The first-order chi connectivity index (χ1) is 14.5. The monoisotopic (exact) mass is 422 g/mol. The Morgan fingerprint density at radius 3 is 2.40 bits per heavy atom. The highest BCUT2D eigenvalue weighted by Gasteiger charge is 2.25. The molecule has 1 aliphatic heterocycles. The van der Waals surface area contributed by atoms with E-state index in [-0.39, 0.29) is 12.3 Å². The number of rotatable bonds is 6. The largest absolute Gasteiger partial charge is 0.352 e. The van der Waals surface area contributed by atoms with E-state index in [1.54, 1.807) is 22.5 Å². The van der Waals surface area contributed by atoms with Crippen molar-refractivity contribution in [3.05, 3.63) is 77.9 Å².